The number of carbonyl (C=O) groups excluding carboxylic acids is 1. The maximum absolute atomic E-state index is 12.8. The smallest absolute Gasteiger partial charge is 0.240 e. The number of sulfonamides is 1. The zero-order valence-corrected chi connectivity index (χ0v) is 16.8. The molecule has 0 aliphatic carbocycles. The van der Waals surface area contributed by atoms with Gasteiger partial charge in [0.25, 0.3) is 0 Å². The summed E-state index contributed by atoms with van der Waals surface area (Å²) >= 11 is 0. The van der Waals surface area contributed by atoms with Crippen molar-refractivity contribution < 1.29 is 27.1 Å². The van der Waals surface area contributed by atoms with E-state index in [-0.39, 0.29) is 19.0 Å². The molecule has 0 aliphatic heterocycles. The number of ether oxygens (including phenoxy) is 2. The van der Waals surface area contributed by atoms with Gasteiger partial charge < -0.3 is 14.8 Å². The van der Waals surface area contributed by atoms with Crippen LogP contribution in [0.2, 0.25) is 0 Å². The molecule has 2 aromatic rings. The van der Waals surface area contributed by atoms with Crippen LogP contribution in [0.5, 0.6) is 11.5 Å². The van der Waals surface area contributed by atoms with Gasteiger partial charge in [-0.15, -0.1) is 0 Å². The molecule has 28 heavy (non-hydrogen) atoms. The maximum atomic E-state index is 12.8. The number of amides is 1. The van der Waals surface area contributed by atoms with Crippen LogP contribution in [-0.4, -0.2) is 47.4 Å². The summed E-state index contributed by atoms with van der Waals surface area (Å²) in [7, 11) is -2.28. The van der Waals surface area contributed by atoms with Crippen molar-refractivity contribution >= 4 is 21.6 Å². The third-order valence-electron chi connectivity index (χ3n) is 3.80. The summed E-state index contributed by atoms with van der Waals surface area (Å²) in [6.45, 7) is 1.74. The Morgan fingerprint density at radius 3 is 2.46 bits per heavy atom. The summed E-state index contributed by atoms with van der Waals surface area (Å²) in [5.41, 5.74) is 1.13. The molecule has 0 heterocycles. The van der Waals surface area contributed by atoms with Gasteiger partial charge in [-0.3, -0.25) is 9.10 Å². The van der Waals surface area contributed by atoms with E-state index in [1.807, 2.05) is 6.92 Å². The van der Waals surface area contributed by atoms with E-state index >= 15 is 0 Å². The van der Waals surface area contributed by atoms with Crippen LogP contribution in [-0.2, 0) is 14.8 Å². The third-order valence-corrected chi connectivity index (χ3v) is 4.92. The van der Waals surface area contributed by atoms with Gasteiger partial charge in [-0.2, -0.15) is 0 Å². The lowest BCUT2D eigenvalue weighted by Crippen LogP contribution is -2.41. The number of anilines is 1. The molecule has 0 radical (unpaired) electrons. The third kappa shape index (κ3) is 6.12. The van der Waals surface area contributed by atoms with Gasteiger partial charge in [0.15, 0.2) is 0 Å². The fourth-order valence-electron chi connectivity index (χ4n) is 2.45. The number of aryl methyl sites for hydroxylation is 1. The molecule has 2 aromatic carbocycles. The summed E-state index contributed by atoms with van der Waals surface area (Å²) in [6.07, 6.45) is 1.03. The Hall–Kier alpha value is -2.81. The van der Waals surface area contributed by atoms with Crippen molar-refractivity contribution in [2.75, 3.05) is 37.4 Å². The van der Waals surface area contributed by atoms with Crippen molar-refractivity contribution in [3.05, 3.63) is 53.8 Å². The topological polar surface area (TPSA) is 84.9 Å². The highest BCUT2D eigenvalue weighted by molar-refractivity contribution is 7.92. The second kappa shape index (κ2) is 9.41. The number of benzene rings is 2. The van der Waals surface area contributed by atoms with Crippen molar-refractivity contribution in [3.63, 3.8) is 0 Å². The van der Waals surface area contributed by atoms with Gasteiger partial charge in [0.05, 0.1) is 25.6 Å². The molecule has 0 atom stereocenters. The van der Waals surface area contributed by atoms with Gasteiger partial charge in [-0.1, -0.05) is 6.07 Å². The highest BCUT2D eigenvalue weighted by atomic mass is 32.2. The number of nitrogens with zero attached hydrogens (tertiary/aromatic N) is 1. The molecule has 1 amide bonds. The lowest BCUT2D eigenvalue weighted by molar-refractivity contribution is -0.119. The first-order chi connectivity index (χ1) is 13.2. The van der Waals surface area contributed by atoms with E-state index < -0.39 is 22.5 Å². The molecule has 2 rings (SSSR count). The highest BCUT2D eigenvalue weighted by Gasteiger charge is 2.24. The molecule has 0 fully saturated rings. The van der Waals surface area contributed by atoms with Crippen molar-refractivity contribution in [2.24, 2.45) is 0 Å². The molecule has 0 unspecified atom stereocenters. The first kappa shape index (κ1) is 21.5. The molecule has 0 bridgehead atoms. The normalized spacial score (nSPS) is 11.0. The minimum atomic E-state index is -3.71. The van der Waals surface area contributed by atoms with Gasteiger partial charge in [0.1, 0.15) is 30.5 Å². The zero-order valence-electron chi connectivity index (χ0n) is 15.9. The summed E-state index contributed by atoms with van der Waals surface area (Å²) in [5.74, 6) is -0.0360. The fourth-order valence-corrected chi connectivity index (χ4v) is 3.30. The van der Waals surface area contributed by atoms with E-state index in [2.05, 4.69) is 5.32 Å². The van der Waals surface area contributed by atoms with Gasteiger partial charge in [-0.25, -0.2) is 12.8 Å². The van der Waals surface area contributed by atoms with Gasteiger partial charge in [0.2, 0.25) is 15.9 Å². The second-order valence-electron chi connectivity index (χ2n) is 6.10. The Morgan fingerprint density at radius 2 is 1.86 bits per heavy atom. The molecular formula is C19H23FN2O5S. The molecule has 0 aromatic heterocycles. The number of hydrogen-bond acceptors (Lipinski definition) is 5. The van der Waals surface area contributed by atoms with Crippen molar-refractivity contribution in [1.82, 2.24) is 5.32 Å². The standard InChI is InChI=1S/C19H23FN2O5S/c1-14-4-9-18(26-2)17(12-14)22(28(3,24)25)13-19(23)21-10-11-27-16-7-5-15(20)6-8-16/h4-9,12H,10-11,13H2,1-3H3,(H,21,23). The van der Waals surface area contributed by atoms with Crippen LogP contribution < -0.4 is 19.1 Å². The van der Waals surface area contributed by atoms with E-state index in [1.54, 1.807) is 18.2 Å². The lowest BCUT2D eigenvalue weighted by atomic mass is 10.2. The average Bonchev–Trinajstić information content (AvgIpc) is 2.64. The Balaban J connectivity index is 1.98. The van der Waals surface area contributed by atoms with E-state index in [9.17, 15) is 17.6 Å². The minimum Gasteiger partial charge on any atom is -0.495 e. The van der Waals surface area contributed by atoms with Crippen molar-refractivity contribution in [3.8, 4) is 11.5 Å². The van der Waals surface area contributed by atoms with Gasteiger partial charge in [-0.05, 0) is 48.9 Å². The van der Waals surface area contributed by atoms with Crippen LogP contribution in [0.3, 0.4) is 0 Å². The summed E-state index contributed by atoms with van der Waals surface area (Å²) < 4.78 is 48.9. The van der Waals surface area contributed by atoms with Gasteiger partial charge in [0, 0.05) is 0 Å². The van der Waals surface area contributed by atoms with E-state index in [1.165, 1.54) is 31.4 Å². The largest absolute Gasteiger partial charge is 0.495 e. The second-order valence-corrected chi connectivity index (χ2v) is 8.00. The number of hydrogen-bond donors (Lipinski definition) is 1. The first-order valence-electron chi connectivity index (χ1n) is 8.48. The van der Waals surface area contributed by atoms with E-state index in [0.717, 1.165) is 16.1 Å². The monoisotopic (exact) mass is 410 g/mol. The number of rotatable bonds is 9. The number of methoxy groups -OCH3 is 1. The van der Waals surface area contributed by atoms with Crippen LogP contribution >= 0.6 is 0 Å². The number of nitrogens with one attached hydrogen (secondary N) is 1. The molecule has 9 heteroatoms. The van der Waals surface area contributed by atoms with E-state index in [0.29, 0.717) is 17.2 Å². The van der Waals surface area contributed by atoms with Crippen LogP contribution in [0.15, 0.2) is 42.5 Å². The molecule has 0 aliphatic rings. The predicted molar refractivity (Wildman–Crippen MR) is 105 cm³/mol. The quantitative estimate of drug-likeness (QED) is 0.640. The maximum Gasteiger partial charge on any atom is 0.240 e. The van der Waals surface area contributed by atoms with Crippen molar-refractivity contribution in [1.29, 1.82) is 0 Å². The van der Waals surface area contributed by atoms with Crippen LogP contribution in [0.1, 0.15) is 5.56 Å². The number of carbonyl (C=O) groups is 1. The Morgan fingerprint density at radius 1 is 1.18 bits per heavy atom. The molecule has 0 saturated carbocycles. The molecule has 152 valence electrons. The molecule has 0 saturated heterocycles. The zero-order chi connectivity index (χ0) is 20.7. The molecule has 7 nitrogen and oxygen atoms in total. The Labute approximate surface area is 164 Å². The summed E-state index contributed by atoms with van der Waals surface area (Å²) in [5, 5.41) is 2.60. The molecule has 1 N–H and O–H groups in total. The molecular weight excluding hydrogens is 387 g/mol. The first-order valence-corrected chi connectivity index (χ1v) is 10.3. The Bertz CT molecular complexity index is 916. The number of halogens is 1. The fraction of sp³-hybridized carbons (Fsp3) is 0.316. The average molecular weight is 410 g/mol. The van der Waals surface area contributed by atoms with Crippen LogP contribution in [0.25, 0.3) is 0 Å². The molecule has 0 spiro atoms. The SMILES string of the molecule is COc1ccc(C)cc1N(CC(=O)NCCOc1ccc(F)cc1)S(C)(=O)=O. The van der Waals surface area contributed by atoms with Crippen LogP contribution in [0.4, 0.5) is 10.1 Å². The Kier molecular flexibility index (Phi) is 7.22. The van der Waals surface area contributed by atoms with Crippen molar-refractivity contribution in [2.45, 2.75) is 6.92 Å². The lowest BCUT2D eigenvalue weighted by Gasteiger charge is -2.24. The summed E-state index contributed by atoms with van der Waals surface area (Å²) in [4.78, 5) is 12.3. The predicted octanol–water partition coefficient (Wildman–Crippen LogP) is 2.10. The summed E-state index contributed by atoms with van der Waals surface area (Å²) in [6, 6.07) is 10.6. The van der Waals surface area contributed by atoms with Crippen LogP contribution in [0, 0.1) is 12.7 Å². The van der Waals surface area contributed by atoms with Gasteiger partial charge >= 0.3 is 0 Å². The van der Waals surface area contributed by atoms with E-state index in [4.69, 9.17) is 9.47 Å². The minimum absolute atomic E-state index is 0.157. The highest BCUT2D eigenvalue weighted by Crippen LogP contribution is 2.30.